The van der Waals surface area contributed by atoms with Gasteiger partial charge in [0.25, 0.3) is 0 Å². The summed E-state index contributed by atoms with van der Waals surface area (Å²) in [6.45, 7) is 0. The van der Waals surface area contributed by atoms with Gasteiger partial charge in [0.15, 0.2) is 0 Å². The topological polar surface area (TPSA) is 105 Å². The quantitative estimate of drug-likeness (QED) is 0.450. The van der Waals surface area contributed by atoms with Crippen molar-refractivity contribution in [2.75, 3.05) is 14.2 Å². The van der Waals surface area contributed by atoms with Crippen molar-refractivity contribution in [3.63, 3.8) is 0 Å². The molecular weight excluding hydrogens is 320 g/mol. The monoisotopic (exact) mass is 330 g/mol. The van der Waals surface area contributed by atoms with Crippen LogP contribution in [0.1, 0.15) is 31.8 Å². The van der Waals surface area contributed by atoms with E-state index in [1.54, 1.807) is 0 Å². The molecule has 0 aromatic heterocycles. The summed E-state index contributed by atoms with van der Waals surface area (Å²) in [7, 11) is 2.37. The van der Waals surface area contributed by atoms with Crippen molar-refractivity contribution in [1.29, 1.82) is 0 Å². The Kier molecular flexibility index (Phi) is 3.64. The maximum atomic E-state index is 11.9. The molecule has 3 rings (SSSR count). The van der Waals surface area contributed by atoms with Crippen LogP contribution in [0.4, 0.5) is 0 Å². The molecule has 122 valence electrons. The number of hydrogen-bond donors (Lipinski definition) is 0. The minimum atomic E-state index is -0.707. The molecule has 8 nitrogen and oxygen atoms in total. The number of methoxy groups -OCH3 is 2. The molecule has 1 aromatic carbocycles. The standard InChI is InChI=1S/C16H10O8/c1-21-13(17)5-11-7-3-8-10(4-9(7)15(19)23-11)16(20)24-12(8)6-14(18)22-2/h3-6H,1-2H3/b11-5+,12-6+. The fourth-order valence-corrected chi connectivity index (χ4v) is 2.31. The number of fused-ring (bicyclic) bond motifs is 2. The lowest BCUT2D eigenvalue weighted by atomic mass is 9.98. The smallest absolute Gasteiger partial charge is 0.344 e. The van der Waals surface area contributed by atoms with Gasteiger partial charge in [-0.05, 0) is 12.1 Å². The van der Waals surface area contributed by atoms with E-state index in [-0.39, 0.29) is 22.6 Å². The summed E-state index contributed by atoms with van der Waals surface area (Å²) in [6.07, 6.45) is 2.02. The maximum absolute atomic E-state index is 11.9. The first-order valence-electron chi connectivity index (χ1n) is 6.67. The van der Waals surface area contributed by atoms with E-state index < -0.39 is 23.9 Å². The van der Waals surface area contributed by atoms with Crippen LogP contribution in [0.25, 0.3) is 11.5 Å². The first-order chi connectivity index (χ1) is 11.4. The number of hydrogen-bond acceptors (Lipinski definition) is 8. The van der Waals surface area contributed by atoms with Crippen LogP contribution < -0.4 is 0 Å². The van der Waals surface area contributed by atoms with Crippen LogP contribution in [-0.2, 0) is 28.5 Å². The Morgan fingerprint density at radius 2 is 1.17 bits per heavy atom. The number of cyclic esters (lactones) is 2. The average molecular weight is 330 g/mol. The van der Waals surface area contributed by atoms with E-state index in [1.165, 1.54) is 26.4 Å². The van der Waals surface area contributed by atoms with Crippen molar-refractivity contribution in [3.8, 4) is 0 Å². The predicted molar refractivity (Wildman–Crippen MR) is 77.3 cm³/mol. The Morgan fingerprint density at radius 1 is 0.792 bits per heavy atom. The van der Waals surface area contributed by atoms with Crippen molar-refractivity contribution in [3.05, 3.63) is 46.5 Å². The molecule has 0 aliphatic carbocycles. The van der Waals surface area contributed by atoms with Gasteiger partial charge in [-0.25, -0.2) is 19.2 Å². The molecule has 24 heavy (non-hydrogen) atoms. The molecule has 2 aliphatic rings. The highest BCUT2D eigenvalue weighted by Crippen LogP contribution is 2.38. The van der Waals surface area contributed by atoms with E-state index in [1.807, 2.05) is 0 Å². The fraction of sp³-hybridized carbons (Fsp3) is 0.125. The van der Waals surface area contributed by atoms with E-state index in [4.69, 9.17) is 9.47 Å². The van der Waals surface area contributed by atoms with Crippen LogP contribution in [0.3, 0.4) is 0 Å². The number of benzene rings is 1. The van der Waals surface area contributed by atoms with Crippen molar-refractivity contribution in [2.24, 2.45) is 0 Å². The van der Waals surface area contributed by atoms with Crippen molar-refractivity contribution >= 4 is 35.4 Å². The minimum absolute atomic E-state index is 0.0126. The van der Waals surface area contributed by atoms with Gasteiger partial charge in [0.2, 0.25) is 0 Å². The van der Waals surface area contributed by atoms with Gasteiger partial charge in [-0.3, -0.25) is 0 Å². The highest BCUT2D eigenvalue weighted by atomic mass is 16.6. The number of rotatable bonds is 2. The molecule has 0 saturated carbocycles. The molecule has 0 N–H and O–H groups in total. The summed E-state index contributed by atoms with van der Waals surface area (Å²) in [5.41, 5.74) is 0.803. The number of esters is 4. The Hall–Kier alpha value is -3.42. The zero-order valence-electron chi connectivity index (χ0n) is 12.6. The van der Waals surface area contributed by atoms with E-state index in [2.05, 4.69) is 9.47 Å². The minimum Gasteiger partial charge on any atom is -0.466 e. The van der Waals surface area contributed by atoms with Gasteiger partial charge in [0.05, 0.1) is 37.5 Å². The van der Waals surface area contributed by atoms with E-state index in [9.17, 15) is 19.2 Å². The third kappa shape index (κ3) is 2.43. The highest BCUT2D eigenvalue weighted by molar-refractivity contribution is 6.12. The highest BCUT2D eigenvalue weighted by Gasteiger charge is 2.35. The Labute approximate surface area is 135 Å². The second kappa shape index (κ2) is 5.65. The van der Waals surface area contributed by atoms with Gasteiger partial charge in [-0.15, -0.1) is 0 Å². The Balaban J connectivity index is 2.15. The molecule has 8 heteroatoms. The first-order valence-corrected chi connectivity index (χ1v) is 6.67. The normalized spacial score (nSPS) is 18.1. The van der Waals surface area contributed by atoms with E-state index in [0.29, 0.717) is 11.1 Å². The third-order valence-electron chi connectivity index (χ3n) is 3.43. The van der Waals surface area contributed by atoms with E-state index in [0.717, 1.165) is 12.2 Å². The molecule has 2 heterocycles. The molecule has 0 spiro atoms. The molecule has 0 saturated heterocycles. The lowest BCUT2D eigenvalue weighted by Crippen LogP contribution is -1.98. The zero-order valence-corrected chi connectivity index (χ0v) is 12.6. The molecule has 2 aliphatic heterocycles. The average Bonchev–Trinajstić information content (AvgIpc) is 3.03. The van der Waals surface area contributed by atoms with Crippen LogP contribution in [-0.4, -0.2) is 38.1 Å². The maximum Gasteiger partial charge on any atom is 0.344 e. The van der Waals surface area contributed by atoms with Crippen LogP contribution in [0.2, 0.25) is 0 Å². The zero-order chi connectivity index (χ0) is 17.4. The van der Waals surface area contributed by atoms with Crippen LogP contribution in [0.15, 0.2) is 24.3 Å². The van der Waals surface area contributed by atoms with Gasteiger partial charge in [-0.2, -0.15) is 0 Å². The van der Waals surface area contributed by atoms with Gasteiger partial charge < -0.3 is 18.9 Å². The van der Waals surface area contributed by atoms with Crippen LogP contribution in [0, 0.1) is 0 Å². The SMILES string of the molecule is COC(=O)/C=C1/OC(=O)c2cc3c(cc21)/C(=C\C(=O)OC)OC3=O. The van der Waals surface area contributed by atoms with Gasteiger partial charge in [0, 0.05) is 11.1 Å². The van der Waals surface area contributed by atoms with Crippen LogP contribution >= 0.6 is 0 Å². The fourth-order valence-electron chi connectivity index (χ4n) is 2.31. The lowest BCUT2D eigenvalue weighted by molar-refractivity contribution is -0.135. The van der Waals surface area contributed by atoms with E-state index >= 15 is 0 Å². The molecule has 0 atom stereocenters. The molecule has 0 radical (unpaired) electrons. The number of carbonyl (C=O) groups excluding carboxylic acids is 4. The van der Waals surface area contributed by atoms with Gasteiger partial charge >= 0.3 is 23.9 Å². The Morgan fingerprint density at radius 3 is 1.54 bits per heavy atom. The van der Waals surface area contributed by atoms with Crippen LogP contribution in [0.5, 0.6) is 0 Å². The summed E-state index contributed by atoms with van der Waals surface area (Å²) in [5.74, 6) is -2.85. The lowest BCUT2D eigenvalue weighted by Gasteiger charge is -2.01. The second-order valence-corrected chi connectivity index (χ2v) is 4.79. The predicted octanol–water partition coefficient (Wildman–Crippen LogP) is 1.06. The largest absolute Gasteiger partial charge is 0.466 e. The number of carbonyl (C=O) groups is 4. The second-order valence-electron chi connectivity index (χ2n) is 4.79. The Bertz CT molecular complexity index is 792. The third-order valence-corrected chi connectivity index (χ3v) is 3.43. The van der Waals surface area contributed by atoms with Gasteiger partial charge in [-0.1, -0.05) is 0 Å². The molecule has 0 bridgehead atoms. The summed E-state index contributed by atoms with van der Waals surface area (Å²) >= 11 is 0. The summed E-state index contributed by atoms with van der Waals surface area (Å²) in [5, 5.41) is 0. The molecule has 0 fully saturated rings. The van der Waals surface area contributed by atoms with Crippen molar-refractivity contribution < 1.29 is 38.1 Å². The molecular formula is C16H10O8. The van der Waals surface area contributed by atoms with Gasteiger partial charge in [0.1, 0.15) is 11.5 Å². The molecule has 1 aromatic rings. The van der Waals surface area contributed by atoms with Crippen molar-refractivity contribution in [2.45, 2.75) is 0 Å². The molecule has 0 unspecified atom stereocenters. The summed E-state index contributed by atoms with van der Waals surface area (Å²) in [4.78, 5) is 46.6. The summed E-state index contributed by atoms with van der Waals surface area (Å²) in [6, 6.07) is 2.73. The summed E-state index contributed by atoms with van der Waals surface area (Å²) < 4.78 is 19.0. The van der Waals surface area contributed by atoms with Crippen molar-refractivity contribution in [1.82, 2.24) is 0 Å². The number of ether oxygens (including phenoxy) is 4. The first kappa shape index (κ1) is 15.5. The molecule has 0 amide bonds.